The fourth-order valence-electron chi connectivity index (χ4n) is 5.71. The first-order valence-electron chi connectivity index (χ1n) is 18.4. The minimum atomic E-state index is -3.72. The molecule has 0 aliphatic carbocycles. The molecule has 2 aromatic rings. The van der Waals surface area contributed by atoms with Crippen molar-refractivity contribution >= 4 is 33.8 Å². The zero-order valence-electron chi connectivity index (χ0n) is 28.7. The maximum atomic E-state index is 12.7. The topological polar surface area (TPSA) is 54.4 Å². The van der Waals surface area contributed by atoms with Crippen LogP contribution >= 0.6 is 11.8 Å². The molecule has 0 aliphatic heterocycles. The first-order chi connectivity index (χ1) is 22.0. The van der Waals surface area contributed by atoms with Crippen molar-refractivity contribution in [3.05, 3.63) is 59.7 Å². The molecule has 1 N–H and O–H groups in total. The summed E-state index contributed by atoms with van der Waals surface area (Å²) in [6.07, 6.45) is 31.9. The van der Waals surface area contributed by atoms with Crippen molar-refractivity contribution in [2.75, 3.05) is 5.75 Å². The Balaban J connectivity index is 1.54. The van der Waals surface area contributed by atoms with E-state index in [0.29, 0.717) is 6.42 Å². The van der Waals surface area contributed by atoms with E-state index in [4.69, 9.17) is 0 Å². The molecule has 0 bridgehead atoms. The summed E-state index contributed by atoms with van der Waals surface area (Å²) in [6, 6.07) is 15.5. The molecule has 2 aromatic carbocycles. The smallest absolute Gasteiger partial charge is 0.204 e. The third-order valence-electron chi connectivity index (χ3n) is 8.74. The van der Waals surface area contributed by atoms with Crippen LogP contribution in [0.1, 0.15) is 166 Å². The van der Waals surface area contributed by atoms with Crippen LogP contribution in [0.5, 0.6) is 0 Å². The number of hydrogen-bond donors (Lipinski definition) is 1. The Kier molecular flexibility index (Phi) is 22.5. The summed E-state index contributed by atoms with van der Waals surface area (Å²) in [5.74, 6) is 1.18. The molecule has 0 heterocycles. The second kappa shape index (κ2) is 25.5. The fourth-order valence-corrected chi connectivity index (χ4v) is 7.93. The average molecular weight is 657 g/mol. The van der Waals surface area contributed by atoms with Crippen LogP contribution in [0, 0.1) is 0 Å². The van der Waals surface area contributed by atoms with Crippen LogP contribution in [-0.4, -0.2) is 24.7 Å². The van der Waals surface area contributed by atoms with E-state index in [0.717, 1.165) is 43.2 Å². The maximum absolute atomic E-state index is 12.7. The summed E-state index contributed by atoms with van der Waals surface area (Å²) in [5, 5.41) is 10.3. The van der Waals surface area contributed by atoms with E-state index in [1.54, 1.807) is 24.3 Å². The van der Waals surface area contributed by atoms with Crippen LogP contribution in [-0.2, 0) is 9.84 Å². The van der Waals surface area contributed by atoms with Gasteiger partial charge in [-0.2, -0.15) is 0 Å². The van der Waals surface area contributed by atoms with Crippen molar-refractivity contribution in [3.8, 4) is 0 Å². The number of thioether (sulfide) groups is 1. The molecule has 1 atom stereocenters. The molecule has 0 saturated heterocycles. The molecule has 254 valence electrons. The molecule has 0 aromatic heterocycles. The van der Waals surface area contributed by atoms with Crippen LogP contribution in [0.15, 0.2) is 58.3 Å². The molecule has 3 nitrogen and oxygen atoms in total. The van der Waals surface area contributed by atoms with Crippen molar-refractivity contribution in [1.82, 2.24) is 0 Å². The average Bonchev–Trinajstić information content (AvgIpc) is 3.05. The molecule has 45 heavy (non-hydrogen) atoms. The highest BCUT2D eigenvalue weighted by Crippen LogP contribution is 2.23. The van der Waals surface area contributed by atoms with Crippen molar-refractivity contribution in [3.63, 3.8) is 0 Å². The Morgan fingerprint density at radius 2 is 0.933 bits per heavy atom. The third-order valence-corrected chi connectivity index (χ3v) is 11.7. The van der Waals surface area contributed by atoms with Gasteiger partial charge in [0.15, 0.2) is 5.44 Å². The van der Waals surface area contributed by atoms with E-state index in [9.17, 15) is 13.5 Å². The van der Waals surface area contributed by atoms with Gasteiger partial charge < -0.3 is 5.11 Å². The fraction of sp³-hybridized carbons (Fsp3) is 0.650. The lowest BCUT2D eigenvalue weighted by Gasteiger charge is -2.12. The van der Waals surface area contributed by atoms with Crippen LogP contribution < -0.4 is 0 Å². The third kappa shape index (κ3) is 18.4. The maximum Gasteiger partial charge on any atom is 0.204 e. The number of unbranched alkanes of at least 4 members (excludes halogenated alkanes) is 19. The Bertz CT molecular complexity index is 1110. The SMILES string of the molecule is CCCCCCCCCCCCCCCCCCSc1ccc(C=Cc2ccc(S(=O)(=O)C(O)CCCCCCC)cc2)cc1. The molecule has 2 rings (SSSR count). The highest BCUT2D eigenvalue weighted by atomic mass is 32.2. The van der Waals surface area contributed by atoms with E-state index < -0.39 is 15.3 Å². The van der Waals surface area contributed by atoms with Gasteiger partial charge in [0.1, 0.15) is 0 Å². The van der Waals surface area contributed by atoms with Gasteiger partial charge in [-0.05, 0) is 60.4 Å². The zero-order chi connectivity index (χ0) is 32.4. The molecular formula is C40H64O3S2. The number of sulfone groups is 1. The lowest BCUT2D eigenvalue weighted by molar-refractivity contribution is 0.233. The highest BCUT2D eigenvalue weighted by molar-refractivity contribution is 7.99. The van der Waals surface area contributed by atoms with E-state index in [1.807, 2.05) is 17.8 Å². The molecule has 0 spiro atoms. The molecule has 0 amide bonds. The molecular weight excluding hydrogens is 593 g/mol. The van der Waals surface area contributed by atoms with Gasteiger partial charge in [-0.3, -0.25) is 0 Å². The zero-order valence-corrected chi connectivity index (χ0v) is 30.3. The van der Waals surface area contributed by atoms with Gasteiger partial charge in [-0.1, -0.05) is 172 Å². The molecule has 0 aliphatic rings. The Hall–Kier alpha value is -1.56. The molecule has 5 heteroatoms. The molecule has 0 saturated carbocycles. The van der Waals surface area contributed by atoms with Crippen molar-refractivity contribution in [1.29, 1.82) is 0 Å². The predicted octanol–water partition coefficient (Wildman–Crippen LogP) is 12.7. The summed E-state index contributed by atoms with van der Waals surface area (Å²) < 4.78 is 25.5. The minimum Gasteiger partial charge on any atom is -0.377 e. The Labute approximate surface area is 282 Å². The van der Waals surface area contributed by atoms with Crippen molar-refractivity contribution in [2.24, 2.45) is 0 Å². The summed E-state index contributed by atoms with van der Waals surface area (Å²) >= 11 is 1.94. The van der Waals surface area contributed by atoms with Crippen molar-refractivity contribution in [2.45, 2.75) is 170 Å². The highest BCUT2D eigenvalue weighted by Gasteiger charge is 2.24. The second-order valence-corrected chi connectivity index (χ2v) is 16.1. The number of aliphatic hydroxyl groups is 1. The van der Waals surface area contributed by atoms with E-state index >= 15 is 0 Å². The van der Waals surface area contributed by atoms with Gasteiger partial charge in [0.25, 0.3) is 0 Å². The Morgan fingerprint density at radius 3 is 1.38 bits per heavy atom. The monoisotopic (exact) mass is 656 g/mol. The number of hydrogen-bond acceptors (Lipinski definition) is 4. The van der Waals surface area contributed by atoms with Gasteiger partial charge in [0, 0.05) is 4.90 Å². The first-order valence-corrected chi connectivity index (χ1v) is 20.9. The summed E-state index contributed by atoms with van der Waals surface area (Å²) in [4.78, 5) is 1.50. The van der Waals surface area contributed by atoms with Gasteiger partial charge in [0.05, 0.1) is 4.90 Å². The van der Waals surface area contributed by atoms with E-state index in [1.165, 1.54) is 113 Å². The van der Waals surface area contributed by atoms with Crippen LogP contribution in [0.25, 0.3) is 12.2 Å². The largest absolute Gasteiger partial charge is 0.377 e. The van der Waals surface area contributed by atoms with Gasteiger partial charge >= 0.3 is 0 Å². The summed E-state index contributed by atoms with van der Waals surface area (Å²) in [5.41, 5.74) is 0.725. The molecule has 1 unspecified atom stereocenters. The van der Waals surface area contributed by atoms with Gasteiger partial charge in [-0.15, -0.1) is 11.8 Å². The summed E-state index contributed by atoms with van der Waals surface area (Å²) in [7, 11) is -3.72. The number of aliphatic hydroxyl groups excluding tert-OH is 1. The second-order valence-electron chi connectivity index (χ2n) is 12.8. The van der Waals surface area contributed by atoms with Gasteiger partial charge in [-0.25, -0.2) is 8.42 Å². The minimum absolute atomic E-state index is 0.187. The predicted molar refractivity (Wildman–Crippen MR) is 199 cm³/mol. The van der Waals surface area contributed by atoms with Crippen LogP contribution in [0.4, 0.5) is 0 Å². The lowest BCUT2D eigenvalue weighted by atomic mass is 10.0. The van der Waals surface area contributed by atoms with Crippen LogP contribution in [0.3, 0.4) is 0 Å². The summed E-state index contributed by atoms with van der Waals surface area (Å²) in [6.45, 7) is 4.44. The van der Waals surface area contributed by atoms with Gasteiger partial charge in [0.2, 0.25) is 9.84 Å². The normalized spacial score (nSPS) is 12.7. The first kappa shape index (κ1) is 39.6. The van der Waals surface area contributed by atoms with Crippen LogP contribution in [0.2, 0.25) is 0 Å². The van der Waals surface area contributed by atoms with E-state index in [2.05, 4.69) is 44.2 Å². The number of benzene rings is 2. The molecule has 0 fully saturated rings. The quantitative estimate of drug-likeness (QED) is 0.0562. The standard InChI is InChI=1S/C40H64O3S2/c1-3-5-7-9-10-11-12-13-14-15-16-17-18-19-21-23-35-44-38-31-27-36(28-32-38)25-26-37-29-33-39(34-30-37)45(42,43)40(41)24-22-20-8-6-4-2/h25-34,40-41H,3-24,35H2,1-2H3. The Morgan fingerprint density at radius 1 is 0.556 bits per heavy atom. The van der Waals surface area contributed by atoms with E-state index in [-0.39, 0.29) is 4.90 Å². The number of rotatable bonds is 28. The molecule has 0 radical (unpaired) electrons. The van der Waals surface area contributed by atoms with Crippen molar-refractivity contribution < 1.29 is 13.5 Å². The lowest BCUT2D eigenvalue weighted by Crippen LogP contribution is -2.20.